The minimum atomic E-state index is -0.105. The minimum Gasteiger partial charge on any atom is -0.361 e. The highest BCUT2D eigenvalue weighted by Crippen LogP contribution is 2.26. The molecule has 2 aromatic rings. The summed E-state index contributed by atoms with van der Waals surface area (Å²) >= 11 is 0. The lowest BCUT2D eigenvalue weighted by Gasteiger charge is -2.35. The van der Waals surface area contributed by atoms with Crippen molar-refractivity contribution >= 4 is 22.8 Å². The number of aromatic nitrogens is 1. The van der Waals surface area contributed by atoms with Gasteiger partial charge in [-0.3, -0.25) is 4.79 Å². The number of H-pyrrole nitrogens is 1. The molecular formula is C25H36N4O2. The van der Waals surface area contributed by atoms with E-state index in [-0.39, 0.29) is 18.0 Å². The Labute approximate surface area is 185 Å². The highest BCUT2D eigenvalue weighted by Gasteiger charge is 2.29. The lowest BCUT2D eigenvalue weighted by molar-refractivity contribution is -0.137. The van der Waals surface area contributed by atoms with Crippen molar-refractivity contribution in [2.75, 3.05) is 19.6 Å². The maximum atomic E-state index is 12.7. The number of carbonyl (C=O) groups is 2. The van der Waals surface area contributed by atoms with Crippen LogP contribution in [0.5, 0.6) is 0 Å². The summed E-state index contributed by atoms with van der Waals surface area (Å²) in [6, 6.07) is 6.44. The molecule has 0 radical (unpaired) electrons. The molecule has 0 spiro atoms. The van der Waals surface area contributed by atoms with Gasteiger partial charge in [-0.1, -0.05) is 44.4 Å². The molecule has 168 valence electrons. The number of aromatic amines is 1. The van der Waals surface area contributed by atoms with Crippen LogP contribution in [0.15, 0.2) is 24.4 Å². The van der Waals surface area contributed by atoms with Gasteiger partial charge >= 0.3 is 6.03 Å². The van der Waals surface area contributed by atoms with Gasteiger partial charge in [0.1, 0.15) is 0 Å². The van der Waals surface area contributed by atoms with E-state index in [1.807, 2.05) is 4.90 Å². The van der Waals surface area contributed by atoms with Gasteiger partial charge in [-0.2, -0.15) is 0 Å². The van der Waals surface area contributed by atoms with Gasteiger partial charge in [-0.15, -0.1) is 0 Å². The molecule has 31 heavy (non-hydrogen) atoms. The van der Waals surface area contributed by atoms with E-state index in [4.69, 9.17) is 0 Å². The van der Waals surface area contributed by atoms with E-state index in [9.17, 15) is 9.59 Å². The Balaban J connectivity index is 1.18. The third-order valence-corrected chi connectivity index (χ3v) is 7.04. The van der Waals surface area contributed by atoms with Gasteiger partial charge in [0.15, 0.2) is 0 Å². The van der Waals surface area contributed by atoms with Crippen molar-refractivity contribution in [3.63, 3.8) is 0 Å². The number of hydrogen-bond acceptors (Lipinski definition) is 2. The number of hydrogen-bond donors (Lipinski definition) is 3. The molecule has 2 fully saturated rings. The Hall–Kier alpha value is -2.50. The zero-order valence-corrected chi connectivity index (χ0v) is 18.7. The molecule has 1 aliphatic heterocycles. The third-order valence-electron chi connectivity index (χ3n) is 7.04. The molecule has 2 heterocycles. The molecule has 0 bridgehead atoms. The summed E-state index contributed by atoms with van der Waals surface area (Å²) in [6.45, 7) is 4.29. The molecule has 3 amide bonds. The van der Waals surface area contributed by atoms with E-state index < -0.39 is 0 Å². The second kappa shape index (κ2) is 10.2. The van der Waals surface area contributed by atoms with Crippen LogP contribution in [0, 0.1) is 5.92 Å². The average Bonchev–Trinajstić information content (AvgIpc) is 3.23. The number of rotatable bonds is 6. The summed E-state index contributed by atoms with van der Waals surface area (Å²) in [5, 5.41) is 7.35. The van der Waals surface area contributed by atoms with Crippen molar-refractivity contribution in [2.45, 2.75) is 70.8 Å². The SMILES string of the molecule is CCc1cccc2c(CCNC(=O)NC3CCN(C(=O)C4CCCCC4)CC3)c[nH]c12. The molecule has 1 saturated heterocycles. The van der Waals surface area contributed by atoms with Crippen LogP contribution < -0.4 is 10.6 Å². The van der Waals surface area contributed by atoms with Gasteiger partial charge < -0.3 is 20.5 Å². The molecule has 4 rings (SSSR count). The van der Waals surface area contributed by atoms with Crippen LogP contribution in [0.1, 0.15) is 63.0 Å². The quantitative estimate of drug-likeness (QED) is 0.652. The Morgan fingerprint density at radius 2 is 1.84 bits per heavy atom. The monoisotopic (exact) mass is 424 g/mol. The molecular weight excluding hydrogens is 388 g/mol. The standard InChI is InChI=1S/C25H36N4O2/c1-2-18-9-6-10-22-20(17-27-23(18)22)11-14-26-25(31)28-21-12-15-29(16-13-21)24(30)19-7-4-3-5-8-19/h6,9-10,17,19,21,27H,2-5,7-8,11-16H2,1H3,(H2,26,28,31). The van der Waals surface area contributed by atoms with Crippen molar-refractivity contribution in [3.05, 3.63) is 35.5 Å². The minimum absolute atomic E-state index is 0.105. The number of benzene rings is 1. The van der Waals surface area contributed by atoms with Crippen LogP contribution >= 0.6 is 0 Å². The number of urea groups is 1. The maximum Gasteiger partial charge on any atom is 0.315 e. The van der Waals surface area contributed by atoms with Crippen LogP contribution in [0.2, 0.25) is 0 Å². The van der Waals surface area contributed by atoms with Crippen LogP contribution in [0.3, 0.4) is 0 Å². The first-order valence-electron chi connectivity index (χ1n) is 12.1. The number of para-hydroxylation sites is 1. The zero-order valence-electron chi connectivity index (χ0n) is 18.7. The molecule has 6 nitrogen and oxygen atoms in total. The summed E-state index contributed by atoms with van der Waals surface area (Å²) in [7, 11) is 0. The number of aryl methyl sites for hydroxylation is 1. The van der Waals surface area contributed by atoms with Crippen LogP contribution in [-0.4, -0.2) is 47.5 Å². The smallest absolute Gasteiger partial charge is 0.315 e. The largest absolute Gasteiger partial charge is 0.361 e. The Bertz CT molecular complexity index is 892. The van der Waals surface area contributed by atoms with E-state index in [0.717, 1.165) is 51.6 Å². The van der Waals surface area contributed by atoms with Gasteiger partial charge in [-0.05, 0) is 49.7 Å². The Morgan fingerprint density at radius 3 is 2.58 bits per heavy atom. The molecule has 1 aromatic heterocycles. The summed E-state index contributed by atoms with van der Waals surface area (Å²) < 4.78 is 0. The molecule has 1 aromatic carbocycles. The number of nitrogens with one attached hydrogen (secondary N) is 3. The van der Waals surface area contributed by atoms with Gasteiger partial charge in [0.25, 0.3) is 0 Å². The zero-order chi connectivity index (χ0) is 21.6. The number of nitrogens with zero attached hydrogens (tertiary/aromatic N) is 1. The predicted molar refractivity (Wildman–Crippen MR) is 124 cm³/mol. The normalized spacial score (nSPS) is 18.3. The maximum absolute atomic E-state index is 12.7. The summed E-state index contributed by atoms with van der Waals surface area (Å²) in [6.07, 6.45) is 11.3. The third kappa shape index (κ3) is 5.23. The topological polar surface area (TPSA) is 77.2 Å². The van der Waals surface area contributed by atoms with Crippen molar-refractivity contribution in [1.29, 1.82) is 0 Å². The second-order valence-corrected chi connectivity index (χ2v) is 9.09. The summed E-state index contributed by atoms with van der Waals surface area (Å²) in [5.41, 5.74) is 3.77. The fourth-order valence-corrected chi connectivity index (χ4v) is 5.18. The van der Waals surface area contributed by atoms with Crippen molar-refractivity contribution in [3.8, 4) is 0 Å². The number of piperidine rings is 1. The van der Waals surface area contributed by atoms with E-state index in [2.05, 4.69) is 46.9 Å². The van der Waals surface area contributed by atoms with Crippen molar-refractivity contribution in [1.82, 2.24) is 20.5 Å². The number of carbonyl (C=O) groups excluding carboxylic acids is 2. The molecule has 3 N–H and O–H groups in total. The van der Waals surface area contributed by atoms with Gasteiger partial charge in [0, 0.05) is 48.7 Å². The Morgan fingerprint density at radius 1 is 1.06 bits per heavy atom. The van der Waals surface area contributed by atoms with E-state index >= 15 is 0 Å². The predicted octanol–water partition coefficient (Wildman–Crippen LogP) is 4.14. The first-order chi connectivity index (χ1) is 15.2. The fourth-order valence-electron chi connectivity index (χ4n) is 5.18. The fraction of sp³-hybridized carbons (Fsp3) is 0.600. The van der Waals surface area contributed by atoms with Gasteiger partial charge in [0.05, 0.1) is 0 Å². The van der Waals surface area contributed by atoms with E-state index in [1.165, 1.54) is 41.3 Å². The van der Waals surface area contributed by atoms with Crippen molar-refractivity contribution in [2.24, 2.45) is 5.92 Å². The summed E-state index contributed by atoms with van der Waals surface area (Å²) in [4.78, 5) is 30.5. The van der Waals surface area contributed by atoms with Crippen LogP contribution in [0.25, 0.3) is 10.9 Å². The molecule has 0 atom stereocenters. The Kier molecular flexibility index (Phi) is 7.15. The van der Waals surface area contributed by atoms with Crippen molar-refractivity contribution < 1.29 is 9.59 Å². The molecule has 2 aliphatic rings. The number of fused-ring (bicyclic) bond motifs is 1. The van der Waals surface area contributed by atoms with Crippen LogP contribution in [-0.2, 0) is 17.6 Å². The average molecular weight is 425 g/mol. The highest BCUT2D eigenvalue weighted by molar-refractivity contribution is 5.86. The van der Waals surface area contributed by atoms with Gasteiger partial charge in [0.2, 0.25) is 5.91 Å². The summed E-state index contributed by atoms with van der Waals surface area (Å²) in [5.74, 6) is 0.576. The second-order valence-electron chi connectivity index (χ2n) is 9.09. The van der Waals surface area contributed by atoms with Crippen LogP contribution in [0.4, 0.5) is 4.79 Å². The first-order valence-corrected chi connectivity index (χ1v) is 12.1. The van der Waals surface area contributed by atoms with E-state index in [0.29, 0.717) is 12.5 Å². The van der Waals surface area contributed by atoms with E-state index in [1.54, 1.807) is 0 Å². The molecule has 1 aliphatic carbocycles. The molecule has 1 saturated carbocycles. The lowest BCUT2D eigenvalue weighted by atomic mass is 9.87. The van der Waals surface area contributed by atoms with Gasteiger partial charge in [-0.25, -0.2) is 4.79 Å². The lowest BCUT2D eigenvalue weighted by Crippen LogP contribution is -2.50. The first kappa shape index (κ1) is 21.7. The molecule has 0 unspecified atom stereocenters. The number of likely N-dealkylation sites (tertiary alicyclic amines) is 1. The molecule has 6 heteroatoms. The highest BCUT2D eigenvalue weighted by atomic mass is 16.2. The number of amides is 3.